The number of hydrogen-bond donors (Lipinski definition) is 1. The van der Waals surface area contributed by atoms with Gasteiger partial charge >= 0.3 is 21.6 Å². The van der Waals surface area contributed by atoms with E-state index in [0.29, 0.717) is 11.9 Å². The fourth-order valence-corrected chi connectivity index (χ4v) is 3.50. The maximum atomic E-state index is 14.5. The van der Waals surface area contributed by atoms with Crippen LogP contribution in [-0.4, -0.2) is 43.8 Å². The number of amides is 1. The maximum absolute atomic E-state index is 14.5. The van der Waals surface area contributed by atoms with Crippen molar-refractivity contribution in [3.8, 4) is 0 Å². The number of anilines is 1. The summed E-state index contributed by atoms with van der Waals surface area (Å²) in [7, 11) is -5.55. The van der Waals surface area contributed by atoms with Crippen molar-refractivity contribution in [2.75, 3.05) is 18.1 Å². The van der Waals surface area contributed by atoms with Crippen molar-refractivity contribution in [3.63, 3.8) is 0 Å². The lowest BCUT2D eigenvalue weighted by atomic mass is 10.2. The summed E-state index contributed by atoms with van der Waals surface area (Å²) in [6.45, 7) is -0.785. The minimum Gasteiger partial charge on any atom is -0.445 e. The van der Waals surface area contributed by atoms with Crippen LogP contribution in [0.3, 0.4) is 0 Å². The first-order valence-corrected chi connectivity index (χ1v) is 10.6. The van der Waals surface area contributed by atoms with Crippen molar-refractivity contribution in [2.45, 2.75) is 18.7 Å². The third kappa shape index (κ3) is 5.46. The van der Waals surface area contributed by atoms with Gasteiger partial charge in [-0.15, -0.1) is 0 Å². The van der Waals surface area contributed by atoms with Gasteiger partial charge < -0.3 is 10.1 Å². The summed E-state index contributed by atoms with van der Waals surface area (Å²) in [5, 5.41) is 7.13. The average molecular weight is 474 g/mol. The number of sulfonamides is 1. The molecule has 1 aliphatic heterocycles. The molecule has 8 nitrogen and oxygen atoms in total. The van der Waals surface area contributed by atoms with E-state index in [2.05, 4.69) is 10.4 Å². The van der Waals surface area contributed by atoms with Crippen LogP contribution in [0.4, 0.5) is 28.0 Å². The Hall–Kier alpha value is -3.35. The molecule has 13 heteroatoms. The number of halogens is 4. The van der Waals surface area contributed by atoms with Crippen molar-refractivity contribution < 1.29 is 35.5 Å². The zero-order valence-corrected chi connectivity index (χ0v) is 17.2. The van der Waals surface area contributed by atoms with Crippen molar-refractivity contribution in [2.24, 2.45) is 5.10 Å². The molecule has 172 valence electrons. The fourth-order valence-electron chi connectivity index (χ4n) is 2.74. The molecular formula is C19H18F4N4O4S. The van der Waals surface area contributed by atoms with Crippen LogP contribution >= 0.6 is 0 Å². The maximum Gasteiger partial charge on any atom is 0.516 e. The normalized spacial score (nSPS) is 14.4. The van der Waals surface area contributed by atoms with Gasteiger partial charge in [0.25, 0.3) is 0 Å². The zero-order valence-electron chi connectivity index (χ0n) is 16.4. The first-order valence-electron chi connectivity index (χ1n) is 9.20. The molecule has 1 heterocycles. The Morgan fingerprint density at radius 2 is 1.81 bits per heavy atom. The highest BCUT2D eigenvalue weighted by Gasteiger charge is 2.50. The van der Waals surface area contributed by atoms with Gasteiger partial charge in [-0.25, -0.2) is 13.5 Å². The largest absolute Gasteiger partial charge is 0.516 e. The molecule has 1 amide bonds. The molecule has 0 radical (unpaired) electrons. The molecule has 1 aliphatic rings. The van der Waals surface area contributed by atoms with E-state index in [4.69, 9.17) is 4.74 Å². The molecule has 3 rings (SSSR count). The van der Waals surface area contributed by atoms with Crippen molar-refractivity contribution in [1.82, 2.24) is 9.62 Å². The van der Waals surface area contributed by atoms with Crippen LogP contribution in [0, 0.1) is 5.82 Å². The Balaban J connectivity index is 1.56. The molecule has 0 spiro atoms. The van der Waals surface area contributed by atoms with Gasteiger partial charge in [-0.2, -0.15) is 26.7 Å². The van der Waals surface area contributed by atoms with Crippen LogP contribution in [0.1, 0.15) is 11.1 Å². The number of nitrogens with zero attached hydrogens (tertiary/aromatic N) is 3. The molecule has 0 unspecified atom stereocenters. The highest BCUT2D eigenvalue weighted by molar-refractivity contribution is 7.90. The Bertz CT molecular complexity index is 1090. The summed E-state index contributed by atoms with van der Waals surface area (Å²) in [4.78, 5) is 11.8. The smallest absolute Gasteiger partial charge is 0.445 e. The van der Waals surface area contributed by atoms with Crippen molar-refractivity contribution in [1.29, 1.82) is 0 Å². The number of alkyl carbamates (subject to hydrolysis) is 1. The Kier molecular flexibility index (Phi) is 6.87. The van der Waals surface area contributed by atoms with Crippen LogP contribution in [0.25, 0.3) is 0 Å². The lowest BCUT2D eigenvalue weighted by molar-refractivity contribution is -0.0471. The van der Waals surface area contributed by atoms with E-state index in [9.17, 15) is 30.8 Å². The first kappa shape index (κ1) is 23.3. The average Bonchev–Trinajstić information content (AvgIpc) is 2.76. The number of carbonyl (C=O) groups excluding carboxylic acids is 1. The number of nitrogens with one attached hydrogen (secondary N) is 1. The predicted octanol–water partition coefficient (Wildman–Crippen LogP) is 3.17. The van der Waals surface area contributed by atoms with Gasteiger partial charge in [-0.05, 0) is 23.3 Å². The summed E-state index contributed by atoms with van der Waals surface area (Å²) in [5.41, 5.74) is -4.30. The van der Waals surface area contributed by atoms with Crippen LogP contribution in [0.15, 0.2) is 53.6 Å². The third-order valence-corrected chi connectivity index (χ3v) is 5.87. The summed E-state index contributed by atoms with van der Waals surface area (Å²) >= 11 is 0. The summed E-state index contributed by atoms with van der Waals surface area (Å²) in [5.74, 6) is -0.744. The second-order valence-corrected chi connectivity index (χ2v) is 8.50. The number of rotatable bonds is 6. The van der Waals surface area contributed by atoms with E-state index >= 15 is 0 Å². The molecule has 0 atom stereocenters. The van der Waals surface area contributed by atoms with Crippen LogP contribution in [-0.2, 0) is 27.9 Å². The number of benzene rings is 2. The summed E-state index contributed by atoms with van der Waals surface area (Å²) in [6.07, 6.45) is -0.200. The van der Waals surface area contributed by atoms with E-state index in [1.165, 1.54) is 12.1 Å². The van der Waals surface area contributed by atoms with Gasteiger partial charge in [0.2, 0.25) is 0 Å². The number of ether oxygens (including phenoxy) is 1. The van der Waals surface area contributed by atoms with Crippen molar-refractivity contribution >= 4 is 28.1 Å². The number of alkyl halides is 3. The molecule has 0 saturated carbocycles. The molecule has 0 bridgehead atoms. The number of hydrogen-bond acceptors (Lipinski definition) is 6. The minimum absolute atomic E-state index is 0.0221. The molecular weight excluding hydrogens is 456 g/mol. The second kappa shape index (κ2) is 9.42. The van der Waals surface area contributed by atoms with Gasteiger partial charge in [-0.3, -0.25) is 5.01 Å². The van der Waals surface area contributed by atoms with E-state index in [1.807, 2.05) is 6.07 Å². The first-order chi connectivity index (χ1) is 15.1. The fraction of sp³-hybridized carbons (Fsp3) is 0.263. The van der Waals surface area contributed by atoms with Gasteiger partial charge in [-0.1, -0.05) is 36.4 Å². The van der Waals surface area contributed by atoms with Gasteiger partial charge in [0.05, 0.1) is 18.8 Å². The summed E-state index contributed by atoms with van der Waals surface area (Å²) < 4.78 is 80.2. The Labute approximate surface area is 181 Å². The lowest BCUT2D eigenvalue weighted by Crippen LogP contribution is -2.46. The van der Waals surface area contributed by atoms with Gasteiger partial charge in [0.15, 0.2) is 0 Å². The topological polar surface area (TPSA) is 91.3 Å². The number of hydrazone groups is 1. The van der Waals surface area contributed by atoms with Crippen LogP contribution < -0.4 is 10.3 Å². The predicted molar refractivity (Wildman–Crippen MR) is 107 cm³/mol. The van der Waals surface area contributed by atoms with Crippen LogP contribution in [0.5, 0.6) is 0 Å². The molecule has 2 aromatic carbocycles. The number of carbonyl (C=O) groups is 1. The van der Waals surface area contributed by atoms with E-state index in [0.717, 1.165) is 16.6 Å². The second-order valence-electron chi connectivity index (χ2n) is 6.62. The minimum atomic E-state index is -5.55. The third-order valence-electron chi connectivity index (χ3n) is 4.39. The zero-order chi connectivity index (χ0) is 23.4. The Morgan fingerprint density at radius 3 is 2.41 bits per heavy atom. The molecule has 0 aliphatic carbocycles. The summed E-state index contributed by atoms with van der Waals surface area (Å²) in [6, 6.07) is 13.0. The molecule has 0 saturated heterocycles. The van der Waals surface area contributed by atoms with E-state index in [1.54, 1.807) is 24.3 Å². The molecule has 0 fully saturated rings. The quantitative estimate of drug-likeness (QED) is 0.650. The van der Waals surface area contributed by atoms with Crippen molar-refractivity contribution in [3.05, 3.63) is 65.5 Å². The van der Waals surface area contributed by atoms with E-state index in [-0.39, 0.29) is 29.7 Å². The lowest BCUT2D eigenvalue weighted by Gasteiger charge is -2.29. The Morgan fingerprint density at radius 1 is 1.09 bits per heavy atom. The van der Waals surface area contributed by atoms with E-state index < -0.39 is 34.0 Å². The van der Waals surface area contributed by atoms with Gasteiger partial charge in [0.1, 0.15) is 18.8 Å². The molecule has 1 N–H and O–H groups in total. The molecule has 0 aromatic heterocycles. The molecule has 32 heavy (non-hydrogen) atoms. The standard InChI is InChI=1S/C19H18F4N4O4S/c20-16-10-15(11-24-18(28)31-12-14-4-2-1-3-5-14)6-7-17(16)27-9-8-26(13-25-27)32(29,30)19(21,22)23/h1-7,10,13H,8-9,11-12H2,(H,24,28). The monoisotopic (exact) mass is 474 g/mol. The SMILES string of the molecule is O=C(NCc1ccc(N2CCN(S(=O)(=O)C(F)(F)F)C=N2)c(F)c1)OCc1ccccc1. The highest BCUT2D eigenvalue weighted by Crippen LogP contribution is 2.28. The van der Waals surface area contributed by atoms with Crippen LogP contribution in [0.2, 0.25) is 0 Å². The highest BCUT2D eigenvalue weighted by atomic mass is 32.2. The van der Waals surface area contributed by atoms with Gasteiger partial charge in [0, 0.05) is 6.54 Å². The molecule has 2 aromatic rings.